The molecule has 24 heavy (non-hydrogen) atoms. The summed E-state index contributed by atoms with van der Waals surface area (Å²) in [5.41, 5.74) is 6.84. The first-order valence-corrected chi connectivity index (χ1v) is 8.63. The maximum Gasteiger partial charge on any atom is 0.189 e. The molecule has 2 rings (SSSR count). The minimum absolute atomic E-state index is 0.121. The summed E-state index contributed by atoms with van der Waals surface area (Å²) in [5.74, 6) is 1.29. The van der Waals surface area contributed by atoms with Crippen LogP contribution in [0.15, 0.2) is 23.2 Å². The molecule has 134 valence electrons. The second-order valence-electron chi connectivity index (χ2n) is 7.31. The molecular formula is C18H28ClN3O2. The van der Waals surface area contributed by atoms with Crippen LogP contribution in [0.1, 0.15) is 39.2 Å². The van der Waals surface area contributed by atoms with Crippen LogP contribution in [0.3, 0.4) is 0 Å². The van der Waals surface area contributed by atoms with Crippen LogP contribution < -0.4 is 15.8 Å². The van der Waals surface area contributed by atoms with Gasteiger partial charge in [0.2, 0.25) is 0 Å². The minimum Gasteiger partial charge on any atom is -0.496 e. The second-order valence-corrected chi connectivity index (χ2v) is 7.75. The van der Waals surface area contributed by atoms with Crippen molar-refractivity contribution in [1.29, 1.82) is 0 Å². The van der Waals surface area contributed by atoms with E-state index in [2.05, 4.69) is 31.1 Å². The predicted octanol–water partition coefficient (Wildman–Crippen LogP) is 3.10. The van der Waals surface area contributed by atoms with Gasteiger partial charge in [0.1, 0.15) is 5.75 Å². The zero-order valence-corrected chi connectivity index (χ0v) is 15.7. The molecule has 0 aliphatic carbocycles. The second kappa shape index (κ2) is 7.62. The summed E-state index contributed by atoms with van der Waals surface area (Å²) >= 11 is 6.25. The number of benzene rings is 1. The zero-order valence-electron chi connectivity index (χ0n) is 15.0. The number of halogens is 1. The third-order valence-corrected chi connectivity index (χ3v) is 4.47. The summed E-state index contributed by atoms with van der Waals surface area (Å²) in [7, 11) is 1.68. The highest BCUT2D eigenvalue weighted by molar-refractivity contribution is 6.30. The molecule has 0 aromatic heterocycles. The zero-order chi connectivity index (χ0) is 17.8. The summed E-state index contributed by atoms with van der Waals surface area (Å²) in [6.07, 6.45) is 1.71. The Kier molecular flexibility index (Phi) is 5.99. The molecule has 1 aromatic carbocycles. The van der Waals surface area contributed by atoms with Crippen LogP contribution in [-0.2, 0) is 10.2 Å². The van der Waals surface area contributed by atoms with E-state index in [0.717, 1.165) is 24.2 Å². The molecule has 0 radical (unpaired) electrons. The normalized spacial score (nSPS) is 18.3. The number of rotatable bonds is 4. The van der Waals surface area contributed by atoms with E-state index in [1.54, 1.807) is 7.11 Å². The monoisotopic (exact) mass is 353 g/mol. The van der Waals surface area contributed by atoms with Gasteiger partial charge in [-0.25, -0.2) is 0 Å². The molecule has 0 amide bonds. The van der Waals surface area contributed by atoms with E-state index in [-0.39, 0.29) is 11.0 Å². The van der Waals surface area contributed by atoms with Gasteiger partial charge in [-0.2, -0.15) is 0 Å². The van der Waals surface area contributed by atoms with Crippen molar-refractivity contribution in [2.75, 3.05) is 26.9 Å². The fraction of sp³-hybridized carbons (Fsp3) is 0.611. The largest absolute Gasteiger partial charge is 0.496 e. The molecular weight excluding hydrogens is 326 g/mol. The van der Waals surface area contributed by atoms with Crippen LogP contribution in [0.4, 0.5) is 0 Å². The molecule has 1 aliphatic rings. The Balaban J connectivity index is 2.34. The van der Waals surface area contributed by atoms with E-state index >= 15 is 0 Å². The van der Waals surface area contributed by atoms with Crippen molar-refractivity contribution in [3.05, 3.63) is 28.8 Å². The van der Waals surface area contributed by atoms with E-state index in [4.69, 9.17) is 26.8 Å². The highest BCUT2D eigenvalue weighted by Gasteiger charge is 2.37. The van der Waals surface area contributed by atoms with Crippen molar-refractivity contribution in [1.82, 2.24) is 5.32 Å². The maximum absolute atomic E-state index is 6.25. The Morgan fingerprint density at radius 2 is 2.04 bits per heavy atom. The summed E-state index contributed by atoms with van der Waals surface area (Å²) in [6.45, 7) is 8.12. The van der Waals surface area contributed by atoms with Crippen molar-refractivity contribution in [3.8, 4) is 5.75 Å². The van der Waals surface area contributed by atoms with E-state index in [9.17, 15) is 0 Å². The van der Waals surface area contributed by atoms with Crippen LogP contribution in [0.25, 0.3) is 0 Å². The fourth-order valence-electron chi connectivity index (χ4n) is 3.03. The lowest BCUT2D eigenvalue weighted by Crippen LogP contribution is -2.46. The molecule has 0 spiro atoms. The van der Waals surface area contributed by atoms with Gasteiger partial charge in [-0.3, -0.25) is 4.99 Å². The van der Waals surface area contributed by atoms with Gasteiger partial charge in [0.05, 0.1) is 13.7 Å². The Bertz CT molecular complexity index is 590. The standard InChI is InChI=1S/C18H28ClN3O2/c1-17(2,3)22-16(20)21-12-18(7-9-24-10-8-18)14-11-13(19)5-6-15(14)23-4/h5-6,11H,7-10,12H2,1-4H3,(H3,20,21,22). The third kappa shape index (κ3) is 4.77. The Hall–Kier alpha value is -1.46. The molecule has 0 atom stereocenters. The van der Waals surface area contributed by atoms with Crippen LogP contribution in [0.2, 0.25) is 5.02 Å². The number of hydrogen-bond donors (Lipinski definition) is 2. The lowest BCUT2D eigenvalue weighted by molar-refractivity contribution is 0.0523. The van der Waals surface area contributed by atoms with Gasteiger partial charge in [-0.1, -0.05) is 11.6 Å². The van der Waals surface area contributed by atoms with Gasteiger partial charge in [-0.15, -0.1) is 0 Å². The molecule has 0 saturated carbocycles. The third-order valence-electron chi connectivity index (χ3n) is 4.24. The highest BCUT2D eigenvalue weighted by Crippen LogP contribution is 2.41. The summed E-state index contributed by atoms with van der Waals surface area (Å²) in [5, 5.41) is 3.90. The smallest absolute Gasteiger partial charge is 0.189 e. The van der Waals surface area contributed by atoms with Crippen molar-refractivity contribution in [2.45, 2.75) is 44.6 Å². The van der Waals surface area contributed by atoms with Gasteiger partial charge in [0.25, 0.3) is 0 Å². The van der Waals surface area contributed by atoms with E-state index in [0.29, 0.717) is 30.7 Å². The number of nitrogens with two attached hydrogens (primary N) is 1. The number of nitrogens with one attached hydrogen (secondary N) is 1. The summed E-state index contributed by atoms with van der Waals surface area (Å²) < 4.78 is 11.1. The number of guanidine groups is 1. The average molecular weight is 354 g/mol. The number of ether oxygens (including phenoxy) is 2. The number of aliphatic imine (C=N–C) groups is 1. The molecule has 1 aliphatic heterocycles. The molecule has 1 saturated heterocycles. The average Bonchev–Trinajstić information content (AvgIpc) is 2.52. The molecule has 6 heteroatoms. The fourth-order valence-corrected chi connectivity index (χ4v) is 3.20. The van der Waals surface area contributed by atoms with E-state index in [1.807, 2.05) is 18.2 Å². The summed E-state index contributed by atoms with van der Waals surface area (Å²) in [6, 6.07) is 5.74. The molecule has 3 N–H and O–H groups in total. The van der Waals surface area contributed by atoms with Crippen LogP contribution >= 0.6 is 11.6 Å². The first kappa shape index (κ1) is 18.9. The Labute approximate surface area is 149 Å². The van der Waals surface area contributed by atoms with Crippen LogP contribution in [0, 0.1) is 0 Å². The van der Waals surface area contributed by atoms with Gasteiger partial charge in [0.15, 0.2) is 5.96 Å². The first-order chi connectivity index (χ1) is 11.3. The molecule has 1 heterocycles. The quantitative estimate of drug-likeness (QED) is 0.644. The van der Waals surface area contributed by atoms with Gasteiger partial charge >= 0.3 is 0 Å². The number of methoxy groups -OCH3 is 1. The van der Waals surface area contributed by atoms with Gasteiger partial charge in [-0.05, 0) is 51.8 Å². The Morgan fingerprint density at radius 3 is 2.62 bits per heavy atom. The topological polar surface area (TPSA) is 68.9 Å². The summed E-state index contributed by atoms with van der Waals surface area (Å²) in [4.78, 5) is 4.62. The van der Waals surface area contributed by atoms with Crippen molar-refractivity contribution in [3.63, 3.8) is 0 Å². The molecule has 0 unspecified atom stereocenters. The SMILES string of the molecule is COc1ccc(Cl)cc1C1(CN=C(N)NC(C)(C)C)CCOCC1. The Morgan fingerprint density at radius 1 is 1.38 bits per heavy atom. The van der Waals surface area contributed by atoms with Crippen LogP contribution in [0.5, 0.6) is 5.75 Å². The molecule has 1 aromatic rings. The minimum atomic E-state index is -0.182. The lowest BCUT2D eigenvalue weighted by atomic mass is 9.73. The van der Waals surface area contributed by atoms with E-state index < -0.39 is 0 Å². The molecule has 5 nitrogen and oxygen atoms in total. The van der Waals surface area contributed by atoms with Crippen LogP contribution in [-0.4, -0.2) is 38.4 Å². The highest BCUT2D eigenvalue weighted by atomic mass is 35.5. The predicted molar refractivity (Wildman–Crippen MR) is 99.1 cm³/mol. The van der Waals surface area contributed by atoms with Crippen molar-refractivity contribution >= 4 is 17.6 Å². The number of hydrogen-bond acceptors (Lipinski definition) is 3. The maximum atomic E-state index is 6.25. The molecule has 0 bridgehead atoms. The first-order valence-electron chi connectivity index (χ1n) is 8.26. The number of nitrogens with zero attached hydrogens (tertiary/aromatic N) is 1. The van der Waals surface area contributed by atoms with Crippen molar-refractivity contribution in [2.24, 2.45) is 10.7 Å². The van der Waals surface area contributed by atoms with Gasteiger partial charge in [0, 0.05) is 34.8 Å². The lowest BCUT2D eigenvalue weighted by Gasteiger charge is -2.37. The molecule has 1 fully saturated rings. The van der Waals surface area contributed by atoms with E-state index in [1.165, 1.54) is 0 Å². The van der Waals surface area contributed by atoms with Crippen molar-refractivity contribution < 1.29 is 9.47 Å². The van der Waals surface area contributed by atoms with Gasteiger partial charge < -0.3 is 20.5 Å².